The first-order chi connectivity index (χ1) is 13.7. The van der Waals surface area contributed by atoms with E-state index in [-0.39, 0.29) is 18.6 Å². The maximum Gasteiger partial charge on any atom is 0.264 e. The smallest absolute Gasteiger partial charge is 0.264 e. The molecule has 2 amide bonds. The fourth-order valence-electron chi connectivity index (χ4n) is 3.79. The molecule has 0 bridgehead atoms. The molecule has 7 heteroatoms. The van der Waals surface area contributed by atoms with E-state index in [1.165, 1.54) is 11.3 Å². The second kappa shape index (κ2) is 8.22. The van der Waals surface area contributed by atoms with Crippen LogP contribution in [-0.2, 0) is 11.3 Å². The van der Waals surface area contributed by atoms with E-state index in [9.17, 15) is 9.59 Å². The molecule has 1 atom stereocenters. The van der Waals surface area contributed by atoms with Gasteiger partial charge in [-0.25, -0.2) is 0 Å². The number of ether oxygens (including phenoxy) is 2. The Labute approximate surface area is 168 Å². The SMILES string of the molecule is CCN(Cc1ccc2c(c1)OCO2)C(=O)C1CCCCN1C(=O)c1cccs1. The highest BCUT2D eigenvalue weighted by Crippen LogP contribution is 2.33. The number of likely N-dealkylation sites (N-methyl/N-ethyl adjacent to an activating group) is 1. The van der Waals surface area contributed by atoms with E-state index in [4.69, 9.17) is 9.47 Å². The van der Waals surface area contributed by atoms with Crippen molar-refractivity contribution in [3.8, 4) is 11.5 Å². The van der Waals surface area contributed by atoms with Crippen molar-refractivity contribution >= 4 is 23.2 Å². The minimum atomic E-state index is -0.391. The zero-order valence-electron chi connectivity index (χ0n) is 15.9. The van der Waals surface area contributed by atoms with Crippen LogP contribution < -0.4 is 9.47 Å². The summed E-state index contributed by atoms with van der Waals surface area (Å²) in [6, 6.07) is 9.07. The van der Waals surface area contributed by atoms with Crippen LogP contribution in [0.25, 0.3) is 0 Å². The number of benzene rings is 1. The lowest BCUT2D eigenvalue weighted by molar-refractivity contribution is -0.137. The zero-order valence-corrected chi connectivity index (χ0v) is 16.7. The van der Waals surface area contributed by atoms with Gasteiger partial charge in [-0.1, -0.05) is 12.1 Å². The van der Waals surface area contributed by atoms with Gasteiger partial charge in [0.15, 0.2) is 11.5 Å². The van der Waals surface area contributed by atoms with Crippen molar-refractivity contribution in [2.24, 2.45) is 0 Å². The third kappa shape index (κ3) is 3.71. The lowest BCUT2D eigenvalue weighted by atomic mass is 10.00. The molecule has 6 nitrogen and oxygen atoms in total. The Hall–Kier alpha value is -2.54. The number of hydrogen-bond acceptors (Lipinski definition) is 5. The van der Waals surface area contributed by atoms with Crippen LogP contribution in [0.5, 0.6) is 11.5 Å². The van der Waals surface area contributed by atoms with Crippen LogP contribution in [0.15, 0.2) is 35.7 Å². The van der Waals surface area contributed by atoms with Crippen LogP contribution in [0.3, 0.4) is 0 Å². The normalized spacial score (nSPS) is 18.2. The summed E-state index contributed by atoms with van der Waals surface area (Å²) in [6.45, 7) is 3.92. The molecular weight excluding hydrogens is 376 g/mol. The van der Waals surface area contributed by atoms with E-state index in [1.807, 2.05) is 47.5 Å². The van der Waals surface area contributed by atoms with Crippen LogP contribution in [0.1, 0.15) is 41.4 Å². The molecule has 2 aliphatic heterocycles. The topological polar surface area (TPSA) is 59.1 Å². The third-order valence-corrected chi connectivity index (χ3v) is 6.14. The van der Waals surface area contributed by atoms with Crippen molar-refractivity contribution < 1.29 is 19.1 Å². The van der Waals surface area contributed by atoms with Crippen molar-refractivity contribution in [2.45, 2.75) is 38.8 Å². The molecule has 2 aliphatic rings. The Bertz CT molecular complexity index is 852. The van der Waals surface area contributed by atoms with Crippen LogP contribution >= 0.6 is 11.3 Å². The average Bonchev–Trinajstić information content (AvgIpc) is 3.42. The zero-order chi connectivity index (χ0) is 19.5. The molecule has 1 unspecified atom stereocenters. The second-order valence-electron chi connectivity index (χ2n) is 7.03. The molecule has 28 heavy (non-hydrogen) atoms. The van der Waals surface area contributed by atoms with E-state index >= 15 is 0 Å². The van der Waals surface area contributed by atoms with Crippen LogP contribution in [0.2, 0.25) is 0 Å². The van der Waals surface area contributed by atoms with E-state index in [2.05, 4.69) is 0 Å². The molecule has 0 spiro atoms. The highest BCUT2D eigenvalue weighted by Gasteiger charge is 2.35. The Balaban J connectivity index is 1.50. The molecule has 1 saturated heterocycles. The number of piperidine rings is 1. The Morgan fingerprint density at radius 3 is 2.86 bits per heavy atom. The molecule has 0 radical (unpaired) electrons. The Morgan fingerprint density at radius 1 is 1.21 bits per heavy atom. The molecule has 4 rings (SSSR count). The van der Waals surface area contributed by atoms with Gasteiger partial charge in [0.25, 0.3) is 5.91 Å². The molecule has 1 aromatic carbocycles. The fourth-order valence-corrected chi connectivity index (χ4v) is 4.47. The number of nitrogens with zero attached hydrogens (tertiary/aromatic N) is 2. The third-order valence-electron chi connectivity index (χ3n) is 5.28. The highest BCUT2D eigenvalue weighted by molar-refractivity contribution is 7.12. The van der Waals surface area contributed by atoms with Crippen molar-refractivity contribution in [3.63, 3.8) is 0 Å². The number of thiophene rings is 1. The van der Waals surface area contributed by atoms with E-state index < -0.39 is 6.04 Å². The molecular formula is C21H24N2O4S. The second-order valence-corrected chi connectivity index (χ2v) is 7.98. The predicted molar refractivity (Wildman–Crippen MR) is 107 cm³/mol. The summed E-state index contributed by atoms with van der Waals surface area (Å²) in [7, 11) is 0. The summed E-state index contributed by atoms with van der Waals surface area (Å²) in [5, 5.41) is 1.89. The van der Waals surface area contributed by atoms with Crippen LogP contribution in [0.4, 0.5) is 0 Å². The summed E-state index contributed by atoms with van der Waals surface area (Å²) in [5.74, 6) is 1.43. The highest BCUT2D eigenvalue weighted by atomic mass is 32.1. The molecule has 3 heterocycles. The van der Waals surface area contributed by atoms with Crippen molar-refractivity contribution in [1.29, 1.82) is 0 Å². The van der Waals surface area contributed by atoms with Gasteiger partial charge in [-0.05, 0) is 55.3 Å². The van der Waals surface area contributed by atoms with E-state index in [0.717, 1.165) is 24.2 Å². The fraction of sp³-hybridized carbons (Fsp3) is 0.429. The maximum atomic E-state index is 13.3. The van der Waals surface area contributed by atoms with Gasteiger partial charge < -0.3 is 19.3 Å². The molecule has 0 N–H and O–H groups in total. The van der Waals surface area contributed by atoms with E-state index in [1.54, 1.807) is 4.90 Å². The average molecular weight is 401 g/mol. The number of rotatable bonds is 5. The minimum absolute atomic E-state index is 0.0183. The minimum Gasteiger partial charge on any atom is -0.454 e. The number of fused-ring (bicyclic) bond motifs is 1. The van der Waals surface area contributed by atoms with Crippen LogP contribution in [0, 0.1) is 0 Å². The van der Waals surface area contributed by atoms with Gasteiger partial charge in [-0.2, -0.15) is 0 Å². The Morgan fingerprint density at radius 2 is 2.07 bits per heavy atom. The molecule has 2 aromatic rings. The first-order valence-electron chi connectivity index (χ1n) is 9.69. The van der Waals surface area contributed by atoms with Gasteiger partial charge >= 0.3 is 0 Å². The largest absolute Gasteiger partial charge is 0.454 e. The predicted octanol–water partition coefficient (Wildman–Crippen LogP) is 3.52. The van der Waals surface area contributed by atoms with Gasteiger partial charge in [-0.15, -0.1) is 11.3 Å². The number of amides is 2. The lowest BCUT2D eigenvalue weighted by Gasteiger charge is -2.37. The first kappa shape index (κ1) is 18.8. The summed E-state index contributed by atoms with van der Waals surface area (Å²) >= 11 is 1.42. The standard InChI is InChI=1S/C21H24N2O4S/c1-2-22(13-15-8-9-17-18(12-15)27-14-26-17)20(24)16-6-3-4-10-23(16)21(25)19-7-5-11-28-19/h5,7-9,11-12,16H,2-4,6,10,13-14H2,1H3. The summed E-state index contributed by atoms with van der Waals surface area (Å²) in [5.41, 5.74) is 0.992. The van der Waals surface area contributed by atoms with Gasteiger partial charge in [0, 0.05) is 19.6 Å². The molecule has 1 fully saturated rings. The molecule has 148 valence electrons. The quantitative estimate of drug-likeness (QED) is 0.771. The maximum absolute atomic E-state index is 13.3. The van der Waals surface area contributed by atoms with Gasteiger partial charge in [-0.3, -0.25) is 9.59 Å². The van der Waals surface area contributed by atoms with Gasteiger partial charge in [0.1, 0.15) is 6.04 Å². The first-order valence-corrected chi connectivity index (χ1v) is 10.6. The number of carbonyl (C=O) groups is 2. The number of carbonyl (C=O) groups excluding carboxylic acids is 2. The molecule has 0 aliphatic carbocycles. The van der Waals surface area contributed by atoms with Crippen LogP contribution in [-0.4, -0.2) is 47.5 Å². The molecule has 1 aromatic heterocycles. The summed E-state index contributed by atoms with van der Waals surface area (Å²) in [4.78, 5) is 30.5. The van der Waals surface area contributed by atoms with Crippen molar-refractivity contribution in [3.05, 3.63) is 46.2 Å². The number of hydrogen-bond donors (Lipinski definition) is 0. The number of likely N-dealkylation sites (tertiary alicyclic amines) is 1. The van der Waals surface area contributed by atoms with Crippen molar-refractivity contribution in [2.75, 3.05) is 19.9 Å². The van der Waals surface area contributed by atoms with Gasteiger partial charge in [0.05, 0.1) is 4.88 Å². The van der Waals surface area contributed by atoms with E-state index in [0.29, 0.717) is 36.7 Å². The monoisotopic (exact) mass is 400 g/mol. The van der Waals surface area contributed by atoms with Crippen molar-refractivity contribution in [1.82, 2.24) is 9.80 Å². The van der Waals surface area contributed by atoms with Gasteiger partial charge in [0.2, 0.25) is 12.7 Å². The molecule has 0 saturated carbocycles. The summed E-state index contributed by atoms with van der Waals surface area (Å²) in [6.07, 6.45) is 2.62. The summed E-state index contributed by atoms with van der Waals surface area (Å²) < 4.78 is 10.8. The lowest BCUT2D eigenvalue weighted by Crippen LogP contribution is -2.52. The Kier molecular flexibility index (Phi) is 5.52.